The van der Waals surface area contributed by atoms with E-state index >= 15 is 0 Å². The van der Waals surface area contributed by atoms with Crippen LogP contribution in [0.3, 0.4) is 0 Å². The number of hydrogen-bond acceptors (Lipinski definition) is 8. The molecular weight excluding hydrogens is 378 g/mol. The van der Waals surface area contributed by atoms with Crippen LogP contribution in [0.2, 0.25) is 5.02 Å². The Morgan fingerprint density at radius 2 is 2.27 bits per heavy atom. The van der Waals surface area contributed by atoms with Crippen molar-refractivity contribution < 1.29 is 13.9 Å². The monoisotopic (exact) mass is 391 g/mol. The van der Waals surface area contributed by atoms with Crippen LogP contribution in [0.5, 0.6) is 5.75 Å². The molecule has 0 aliphatic heterocycles. The standard InChI is InChI=1S/C16H14ClN5O3S/c1-24-13-4-2-9(6-11(13)17)12-5-3-10(25-12)8-19-20-14(23)7-15-21-22-16(18)26-15/h2-6,8H,7H2,1H3,(H2,18,22)(H,20,23)/b19-8-. The van der Waals surface area contributed by atoms with Gasteiger partial charge in [0.25, 0.3) is 0 Å². The predicted molar refractivity (Wildman–Crippen MR) is 99.5 cm³/mol. The number of aromatic nitrogens is 2. The summed E-state index contributed by atoms with van der Waals surface area (Å²) >= 11 is 7.27. The highest BCUT2D eigenvalue weighted by molar-refractivity contribution is 7.15. The van der Waals surface area contributed by atoms with Crippen LogP contribution in [0, 0.1) is 0 Å². The van der Waals surface area contributed by atoms with Gasteiger partial charge in [-0.3, -0.25) is 4.79 Å². The first-order valence-corrected chi connectivity index (χ1v) is 8.58. The van der Waals surface area contributed by atoms with Crippen LogP contribution in [0.15, 0.2) is 39.9 Å². The zero-order valence-corrected chi connectivity index (χ0v) is 15.2. The van der Waals surface area contributed by atoms with E-state index in [0.29, 0.717) is 32.4 Å². The zero-order chi connectivity index (χ0) is 18.5. The lowest BCUT2D eigenvalue weighted by atomic mass is 10.2. The molecule has 0 saturated heterocycles. The molecule has 0 unspecified atom stereocenters. The number of halogens is 1. The van der Waals surface area contributed by atoms with Gasteiger partial charge in [0, 0.05) is 5.56 Å². The van der Waals surface area contributed by atoms with Crippen LogP contribution in [0.4, 0.5) is 5.13 Å². The molecule has 0 saturated carbocycles. The molecule has 1 amide bonds. The molecule has 2 aromatic heterocycles. The van der Waals surface area contributed by atoms with Crippen molar-refractivity contribution in [3.63, 3.8) is 0 Å². The normalized spacial score (nSPS) is 11.0. The van der Waals surface area contributed by atoms with E-state index in [1.165, 1.54) is 6.21 Å². The molecule has 2 heterocycles. The molecule has 3 rings (SSSR count). The Kier molecular flexibility index (Phi) is 5.49. The summed E-state index contributed by atoms with van der Waals surface area (Å²) in [4.78, 5) is 11.8. The number of amides is 1. The number of ether oxygens (including phenoxy) is 1. The van der Waals surface area contributed by atoms with Crippen molar-refractivity contribution in [3.8, 4) is 17.1 Å². The maximum Gasteiger partial charge on any atom is 0.247 e. The van der Waals surface area contributed by atoms with Gasteiger partial charge >= 0.3 is 0 Å². The van der Waals surface area contributed by atoms with Gasteiger partial charge in [-0.05, 0) is 30.3 Å². The average molecular weight is 392 g/mol. The lowest BCUT2D eigenvalue weighted by Gasteiger charge is -2.04. The number of carbonyl (C=O) groups excluding carboxylic acids is 1. The molecule has 0 fully saturated rings. The van der Waals surface area contributed by atoms with E-state index in [4.69, 9.17) is 26.5 Å². The summed E-state index contributed by atoms with van der Waals surface area (Å²) in [5.41, 5.74) is 8.65. The summed E-state index contributed by atoms with van der Waals surface area (Å²) < 4.78 is 10.8. The number of nitrogens with two attached hydrogens (primary N) is 1. The van der Waals surface area contributed by atoms with Gasteiger partial charge in [0.2, 0.25) is 11.0 Å². The number of hydrogen-bond donors (Lipinski definition) is 2. The smallest absolute Gasteiger partial charge is 0.247 e. The number of methoxy groups -OCH3 is 1. The summed E-state index contributed by atoms with van der Waals surface area (Å²) in [7, 11) is 1.55. The molecule has 26 heavy (non-hydrogen) atoms. The molecule has 0 aliphatic carbocycles. The van der Waals surface area contributed by atoms with Crippen molar-refractivity contribution in [1.82, 2.24) is 15.6 Å². The molecule has 0 bridgehead atoms. The summed E-state index contributed by atoms with van der Waals surface area (Å²) in [6.07, 6.45) is 1.46. The Morgan fingerprint density at radius 1 is 1.42 bits per heavy atom. The number of anilines is 1. The minimum Gasteiger partial charge on any atom is -0.495 e. The molecule has 0 aliphatic rings. The number of hydrazone groups is 1. The Hall–Kier alpha value is -2.91. The second-order valence-corrected chi connectivity index (χ2v) is 6.56. The lowest BCUT2D eigenvalue weighted by Crippen LogP contribution is -2.19. The minimum absolute atomic E-state index is 0.0555. The SMILES string of the molecule is COc1ccc(-c2ccc(/C=N\NC(=O)Cc3nnc(N)s3)o2)cc1Cl. The van der Waals surface area contributed by atoms with Crippen molar-refractivity contribution in [3.05, 3.63) is 46.1 Å². The second-order valence-electron chi connectivity index (χ2n) is 5.06. The summed E-state index contributed by atoms with van der Waals surface area (Å²) in [6.45, 7) is 0. The van der Waals surface area contributed by atoms with Crippen LogP contribution >= 0.6 is 22.9 Å². The fourth-order valence-electron chi connectivity index (χ4n) is 2.08. The van der Waals surface area contributed by atoms with E-state index in [9.17, 15) is 4.79 Å². The van der Waals surface area contributed by atoms with E-state index in [0.717, 1.165) is 16.9 Å². The third-order valence-corrected chi connectivity index (χ3v) is 4.29. The van der Waals surface area contributed by atoms with Gasteiger partial charge in [-0.15, -0.1) is 10.2 Å². The molecule has 0 atom stereocenters. The highest BCUT2D eigenvalue weighted by atomic mass is 35.5. The molecular formula is C16H14ClN5O3S. The van der Waals surface area contributed by atoms with Gasteiger partial charge in [0.15, 0.2) is 0 Å². The maximum absolute atomic E-state index is 11.8. The molecule has 0 spiro atoms. The molecule has 3 N–H and O–H groups in total. The topological polar surface area (TPSA) is 116 Å². The van der Waals surface area contributed by atoms with E-state index in [2.05, 4.69) is 20.7 Å². The highest BCUT2D eigenvalue weighted by Gasteiger charge is 2.09. The quantitative estimate of drug-likeness (QED) is 0.493. The number of rotatable bonds is 6. The van der Waals surface area contributed by atoms with Gasteiger partial charge in [0.05, 0.1) is 24.8 Å². The Bertz CT molecular complexity index is 953. The first-order chi connectivity index (χ1) is 12.5. The lowest BCUT2D eigenvalue weighted by molar-refractivity contribution is -0.120. The minimum atomic E-state index is -0.328. The Labute approximate surface area is 157 Å². The number of benzene rings is 1. The molecule has 0 radical (unpaired) electrons. The van der Waals surface area contributed by atoms with Crippen LogP contribution in [0.25, 0.3) is 11.3 Å². The summed E-state index contributed by atoms with van der Waals surface area (Å²) in [5.74, 6) is 1.36. The number of furan rings is 1. The fraction of sp³-hybridized carbons (Fsp3) is 0.125. The highest BCUT2D eigenvalue weighted by Crippen LogP contribution is 2.30. The van der Waals surface area contributed by atoms with Crippen molar-refractivity contribution in [2.75, 3.05) is 12.8 Å². The second kappa shape index (κ2) is 7.98. The van der Waals surface area contributed by atoms with E-state index in [1.54, 1.807) is 31.4 Å². The van der Waals surface area contributed by atoms with Crippen LogP contribution in [-0.2, 0) is 11.2 Å². The van der Waals surface area contributed by atoms with E-state index < -0.39 is 0 Å². The largest absolute Gasteiger partial charge is 0.495 e. The van der Waals surface area contributed by atoms with Gasteiger partial charge in [-0.1, -0.05) is 22.9 Å². The third-order valence-electron chi connectivity index (χ3n) is 3.24. The number of nitrogens with zero attached hydrogens (tertiary/aromatic N) is 3. The van der Waals surface area contributed by atoms with Crippen LogP contribution < -0.4 is 15.9 Å². The average Bonchev–Trinajstić information content (AvgIpc) is 3.24. The Balaban J connectivity index is 1.60. The molecule has 10 heteroatoms. The van der Waals surface area contributed by atoms with Gasteiger partial charge < -0.3 is 14.9 Å². The maximum atomic E-state index is 11.8. The van der Waals surface area contributed by atoms with E-state index in [1.807, 2.05) is 6.07 Å². The van der Waals surface area contributed by atoms with Crippen LogP contribution in [0.1, 0.15) is 10.8 Å². The third kappa shape index (κ3) is 4.38. The Morgan fingerprint density at radius 3 is 2.96 bits per heavy atom. The molecule has 1 aromatic carbocycles. The van der Waals surface area contributed by atoms with Gasteiger partial charge in [0.1, 0.15) is 22.3 Å². The first kappa shape index (κ1) is 17.9. The zero-order valence-electron chi connectivity index (χ0n) is 13.6. The van der Waals surface area contributed by atoms with Crippen molar-refractivity contribution in [1.29, 1.82) is 0 Å². The fourth-order valence-corrected chi connectivity index (χ4v) is 2.95. The number of nitrogens with one attached hydrogen (secondary N) is 1. The summed E-state index contributed by atoms with van der Waals surface area (Å²) in [5, 5.41) is 12.6. The predicted octanol–water partition coefficient (Wildman–Crippen LogP) is 2.74. The number of carbonyl (C=O) groups is 1. The van der Waals surface area contributed by atoms with Crippen molar-refractivity contribution in [2.24, 2.45) is 5.10 Å². The van der Waals surface area contributed by atoms with Gasteiger partial charge in [-0.2, -0.15) is 5.10 Å². The van der Waals surface area contributed by atoms with Gasteiger partial charge in [-0.25, -0.2) is 5.43 Å². The first-order valence-electron chi connectivity index (χ1n) is 7.38. The molecule has 3 aromatic rings. The summed E-state index contributed by atoms with van der Waals surface area (Å²) in [6, 6.07) is 8.85. The van der Waals surface area contributed by atoms with Crippen LogP contribution in [-0.4, -0.2) is 29.4 Å². The van der Waals surface area contributed by atoms with E-state index in [-0.39, 0.29) is 12.3 Å². The molecule has 134 valence electrons. The molecule has 8 nitrogen and oxygen atoms in total. The van der Waals surface area contributed by atoms with Crippen molar-refractivity contribution >= 4 is 40.2 Å². The number of nitrogen functional groups attached to an aromatic ring is 1. The van der Waals surface area contributed by atoms with Crippen molar-refractivity contribution in [2.45, 2.75) is 6.42 Å².